The van der Waals surface area contributed by atoms with Gasteiger partial charge in [-0.05, 0) is 116 Å². The van der Waals surface area contributed by atoms with Gasteiger partial charge in [0.15, 0.2) is 0 Å². The summed E-state index contributed by atoms with van der Waals surface area (Å²) in [5.41, 5.74) is 16.4. The van der Waals surface area contributed by atoms with Crippen molar-refractivity contribution in [2.24, 2.45) is 0 Å². The van der Waals surface area contributed by atoms with E-state index < -0.39 is 0 Å². The Kier molecular flexibility index (Phi) is 8.87. The Morgan fingerprint density at radius 1 is 0.283 bits per heavy atom. The van der Waals surface area contributed by atoms with Gasteiger partial charge in [0, 0.05) is 33.5 Å². The molecule has 11 aromatic rings. The number of nitrogens with zero attached hydrogens (tertiary/aromatic N) is 2. The highest BCUT2D eigenvalue weighted by Gasteiger charge is 2.19. The number of hydrogen-bond donors (Lipinski definition) is 0. The molecule has 10 aromatic carbocycles. The first-order chi connectivity index (χ1) is 29.7. The molecule has 0 N–H and O–H groups in total. The van der Waals surface area contributed by atoms with E-state index in [2.05, 4.69) is 252 Å². The van der Waals surface area contributed by atoms with E-state index in [0.717, 1.165) is 22.7 Å². The molecule has 0 unspecified atom stereocenters. The first kappa shape index (κ1) is 35.2. The van der Waals surface area contributed by atoms with Crippen molar-refractivity contribution in [3.63, 3.8) is 0 Å². The van der Waals surface area contributed by atoms with Gasteiger partial charge < -0.3 is 9.47 Å². The smallest absolute Gasteiger partial charge is 0.0547 e. The van der Waals surface area contributed by atoms with E-state index in [0.29, 0.717) is 0 Å². The fourth-order valence-electron chi connectivity index (χ4n) is 8.84. The van der Waals surface area contributed by atoms with E-state index in [1.807, 2.05) is 0 Å². The number of rotatable bonds is 8. The molecule has 0 radical (unpaired) electrons. The van der Waals surface area contributed by atoms with E-state index in [-0.39, 0.29) is 0 Å². The van der Waals surface area contributed by atoms with Crippen LogP contribution in [0.15, 0.2) is 243 Å². The van der Waals surface area contributed by atoms with E-state index >= 15 is 0 Å². The van der Waals surface area contributed by atoms with Crippen LogP contribution >= 0.6 is 0 Å². The van der Waals surface area contributed by atoms with Gasteiger partial charge in [0.25, 0.3) is 0 Å². The van der Waals surface area contributed by atoms with Crippen LogP contribution in [0.4, 0.5) is 17.1 Å². The largest absolute Gasteiger partial charge is 0.310 e. The minimum atomic E-state index is 1.09. The molecule has 0 aliphatic heterocycles. The average Bonchev–Trinajstić information content (AvgIpc) is 3.67. The minimum absolute atomic E-state index is 1.09. The SMILES string of the molecule is c1ccc(-c2ccc(-c3ccc(N(c4ccc(-c5ccccc5)cc4)c4cccc(-c5cccc6c5c5ccccc5n6-c5ccc6ccccc6c5)c4)cc3)cc2)cc1. The molecule has 2 nitrogen and oxygen atoms in total. The van der Waals surface area contributed by atoms with Crippen molar-refractivity contribution in [1.29, 1.82) is 0 Å². The van der Waals surface area contributed by atoms with Crippen LogP contribution in [0, 0.1) is 0 Å². The number of fused-ring (bicyclic) bond motifs is 4. The van der Waals surface area contributed by atoms with E-state index in [9.17, 15) is 0 Å². The van der Waals surface area contributed by atoms with Crippen molar-refractivity contribution in [2.45, 2.75) is 0 Å². The Labute approximate surface area is 350 Å². The second-order valence-electron chi connectivity index (χ2n) is 15.4. The average molecular weight is 765 g/mol. The topological polar surface area (TPSA) is 8.17 Å². The van der Waals surface area contributed by atoms with Gasteiger partial charge in [-0.1, -0.05) is 182 Å². The molecule has 1 heterocycles. The first-order valence-corrected chi connectivity index (χ1v) is 20.6. The second kappa shape index (κ2) is 15.1. The molecule has 0 aliphatic rings. The molecule has 60 heavy (non-hydrogen) atoms. The highest BCUT2D eigenvalue weighted by atomic mass is 15.1. The summed E-state index contributed by atoms with van der Waals surface area (Å²) in [6.07, 6.45) is 0. The maximum absolute atomic E-state index is 2.42. The summed E-state index contributed by atoms with van der Waals surface area (Å²) in [4.78, 5) is 2.37. The third kappa shape index (κ3) is 6.41. The molecule has 2 heteroatoms. The van der Waals surface area contributed by atoms with Crippen LogP contribution < -0.4 is 4.90 Å². The van der Waals surface area contributed by atoms with Crippen molar-refractivity contribution in [3.05, 3.63) is 243 Å². The zero-order chi connectivity index (χ0) is 39.8. The molecule has 0 aliphatic carbocycles. The molecule has 0 saturated heterocycles. The van der Waals surface area contributed by atoms with Gasteiger partial charge >= 0.3 is 0 Å². The summed E-state index contributed by atoms with van der Waals surface area (Å²) >= 11 is 0. The Bertz CT molecular complexity index is 3270. The highest BCUT2D eigenvalue weighted by molar-refractivity contribution is 6.16. The summed E-state index contributed by atoms with van der Waals surface area (Å²) < 4.78 is 2.42. The van der Waals surface area contributed by atoms with Crippen molar-refractivity contribution >= 4 is 49.6 Å². The van der Waals surface area contributed by atoms with Gasteiger partial charge in [0.05, 0.1) is 11.0 Å². The van der Waals surface area contributed by atoms with E-state index in [1.54, 1.807) is 0 Å². The molecular weight excluding hydrogens is 725 g/mol. The standard InChI is InChI=1S/C58H40N2/c1-3-13-41(14-4-1)44-25-27-45(28-26-44)47-31-36-51(37-32-47)59(50-34-29-46(30-35-50)42-15-5-2-6-16-42)52-20-11-19-49(40-52)54-22-12-24-57-58(54)55-21-9-10-23-56(55)60(57)53-38-33-43-17-7-8-18-48(43)39-53/h1-40H. The van der Waals surface area contributed by atoms with Crippen molar-refractivity contribution in [1.82, 2.24) is 4.57 Å². The lowest BCUT2D eigenvalue weighted by molar-refractivity contribution is 1.19. The zero-order valence-corrected chi connectivity index (χ0v) is 33.0. The third-order valence-electron chi connectivity index (χ3n) is 11.8. The lowest BCUT2D eigenvalue weighted by Gasteiger charge is -2.26. The van der Waals surface area contributed by atoms with Crippen LogP contribution in [0.5, 0.6) is 0 Å². The van der Waals surface area contributed by atoms with E-state index in [1.165, 1.54) is 77.1 Å². The summed E-state index contributed by atoms with van der Waals surface area (Å²) in [7, 11) is 0. The van der Waals surface area contributed by atoms with Crippen LogP contribution in [0.3, 0.4) is 0 Å². The number of para-hydroxylation sites is 1. The highest BCUT2D eigenvalue weighted by Crippen LogP contribution is 2.42. The molecule has 0 spiro atoms. The lowest BCUT2D eigenvalue weighted by Crippen LogP contribution is -2.10. The van der Waals surface area contributed by atoms with Crippen LogP contribution in [-0.2, 0) is 0 Å². The Morgan fingerprint density at radius 3 is 1.40 bits per heavy atom. The molecule has 0 amide bonds. The monoisotopic (exact) mass is 764 g/mol. The number of hydrogen-bond acceptors (Lipinski definition) is 1. The number of benzene rings is 10. The van der Waals surface area contributed by atoms with Crippen LogP contribution in [0.1, 0.15) is 0 Å². The summed E-state index contributed by atoms with van der Waals surface area (Å²) in [5, 5.41) is 4.96. The predicted octanol–water partition coefficient (Wildman–Crippen LogP) is 16.1. The minimum Gasteiger partial charge on any atom is -0.310 e. The third-order valence-corrected chi connectivity index (χ3v) is 11.8. The van der Waals surface area contributed by atoms with Gasteiger partial charge in [-0.25, -0.2) is 0 Å². The first-order valence-electron chi connectivity index (χ1n) is 20.6. The molecular formula is C58H40N2. The Balaban J connectivity index is 1.02. The molecule has 0 bridgehead atoms. The van der Waals surface area contributed by atoms with Gasteiger partial charge in [-0.15, -0.1) is 0 Å². The van der Waals surface area contributed by atoms with Crippen molar-refractivity contribution in [2.75, 3.05) is 4.90 Å². The predicted molar refractivity (Wildman–Crippen MR) is 255 cm³/mol. The van der Waals surface area contributed by atoms with Gasteiger partial charge in [-0.3, -0.25) is 0 Å². The maximum Gasteiger partial charge on any atom is 0.0547 e. The van der Waals surface area contributed by atoms with Crippen LogP contribution in [0.25, 0.3) is 82.8 Å². The van der Waals surface area contributed by atoms with Crippen LogP contribution in [0.2, 0.25) is 0 Å². The Morgan fingerprint density at radius 2 is 0.767 bits per heavy atom. The Hall–Kier alpha value is -7.94. The van der Waals surface area contributed by atoms with Gasteiger partial charge in [0.1, 0.15) is 0 Å². The molecule has 0 atom stereocenters. The summed E-state index contributed by atoms with van der Waals surface area (Å²) in [6, 6.07) is 87.8. The zero-order valence-electron chi connectivity index (χ0n) is 33.0. The lowest BCUT2D eigenvalue weighted by atomic mass is 9.98. The fraction of sp³-hybridized carbons (Fsp3) is 0. The quantitative estimate of drug-likeness (QED) is 0.150. The fourth-order valence-corrected chi connectivity index (χ4v) is 8.84. The van der Waals surface area contributed by atoms with Gasteiger partial charge in [-0.2, -0.15) is 0 Å². The molecule has 1 aromatic heterocycles. The second-order valence-corrected chi connectivity index (χ2v) is 15.4. The molecule has 282 valence electrons. The van der Waals surface area contributed by atoms with Crippen molar-refractivity contribution < 1.29 is 0 Å². The van der Waals surface area contributed by atoms with Gasteiger partial charge in [0.2, 0.25) is 0 Å². The van der Waals surface area contributed by atoms with Crippen LogP contribution in [-0.4, -0.2) is 4.57 Å². The number of anilines is 3. The van der Waals surface area contributed by atoms with Crippen molar-refractivity contribution in [3.8, 4) is 50.2 Å². The molecule has 0 fully saturated rings. The number of aromatic nitrogens is 1. The normalized spacial score (nSPS) is 11.3. The summed E-state index contributed by atoms with van der Waals surface area (Å²) in [5.74, 6) is 0. The molecule has 11 rings (SSSR count). The summed E-state index contributed by atoms with van der Waals surface area (Å²) in [6.45, 7) is 0. The maximum atomic E-state index is 2.42. The molecule has 0 saturated carbocycles. The van der Waals surface area contributed by atoms with E-state index in [4.69, 9.17) is 0 Å².